The summed E-state index contributed by atoms with van der Waals surface area (Å²) in [6.45, 7) is 1.16. The van der Waals surface area contributed by atoms with Gasteiger partial charge in [0, 0.05) is 11.8 Å². The molecule has 76 valence electrons. The zero-order valence-electron chi connectivity index (χ0n) is 7.46. The number of pyridine rings is 1. The molecule has 1 fully saturated rings. The molecule has 0 spiro atoms. The first-order valence-electron chi connectivity index (χ1n) is 4.32. The van der Waals surface area contributed by atoms with E-state index in [4.69, 9.17) is 19.5 Å². The molecule has 1 saturated heterocycles. The van der Waals surface area contributed by atoms with E-state index in [-0.39, 0.29) is 30.7 Å². The van der Waals surface area contributed by atoms with Gasteiger partial charge in [-0.05, 0) is 6.07 Å². The van der Waals surface area contributed by atoms with Crippen molar-refractivity contribution in [2.24, 2.45) is 0 Å². The molecule has 0 atom stereocenters. The molecule has 1 aromatic rings. The normalized spacial score (nSPS) is 16.1. The van der Waals surface area contributed by atoms with Crippen LogP contribution in [-0.4, -0.2) is 54.2 Å². The average Bonchev–Trinajstić information content (AvgIpc) is 2.71. The van der Waals surface area contributed by atoms with Gasteiger partial charge in [-0.1, -0.05) is 6.07 Å². The van der Waals surface area contributed by atoms with Crippen molar-refractivity contribution in [1.82, 2.24) is 4.98 Å². The van der Waals surface area contributed by atoms with Gasteiger partial charge in [0.2, 0.25) is 0 Å². The molecule has 0 unspecified atom stereocenters. The molecule has 0 aromatic carbocycles. The van der Waals surface area contributed by atoms with Crippen LogP contribution in [0, 0.1) is 0 Å². The van der Waals surface area contributed by atoms with E-state index in [9.17, 15) is 0 Å². The van der Waals surface area contributed by atoms with Crippen molar-refractivity contribution in [2.75, 3.05) is 13.2 Å². The van der Waals surface area contributed by atoms with Crippen LogP contribution in [0.1, 0.15) is 11.9 Å². The Balaban J connectivity index is 0.00000112. The molecule has 2 heterocycles. The van der Waals surface area contributed by atoms with Crippen molar-refractivity contribution in [3.05, 3.63) is 23.9 Å². The van der Waals surface area contributed by atoms with E-state index < -0.39 is 7.12 Å². The van der Waals surface area contributed by atoms with Crippen molar-refractivity contribution >= 4 is 31.6 Å². The third-order valence-electron chi connectivity index (χ3n) is 1.97. The molecular formula is C8H11BLiNO4. The standard InChI is InChI=1S/C8H10BNO4.Li.H/c11-9(12)7-2-1-6(5-10-7)8-13-3-4-14-8;;/h1-2,5,8,11-12H,3-4H2;;. The summed E-state index contributed by atoms with van der Waals surface area (Å²) in [6.07, 6.45) is 1.15. The maximum absolute atomic E-state index is 8.81. The quantitative estimate of drug-likeness (QED) is 0.552. The fourth-order valence-electron chi connectivity index (χ4n) is 1.26. The van der Waals surface area contributed by atoms with Gasteiger partial charge < -0.3 is 19.5 Å². The molecule has 1 aliphatic rings. The van der Waals surface area contributed by atoms with Crippen molar-refractivity contribution in [3.8, 4) is 0 Å². The summed E-state index contributed by atoms with van der Waals surface area (Å²) in [4.78, 5) is 3.86. The average molecular weight is 203 g/mol. The van der Waals surface area contributed by atoms with Crippen molar-refractivity contribution < 1.29 is 19.5 Å². The Bertz CT molecular complexity index is 302. The maximum atomic E-state index is 8.81. The van der Waals surface area contributed by atoms with Crippen LogP contribution in [0.2, 0.25) is 0 Å². The first kappa shape index (κ1) is 12.7. The molecule has 5 nitrogen and oxygen atoms in total. The van der Waals surface area contributed by atoms with Gasteiger partial charge in [-0.25, -0.2) is 0 Å². The summed E-state index contributed by atoms with van der Waals surface area (Å²) in [7, 11) is -1.53. The van der Waals surface area contributed by atoms with Crippen molar-refractivity contribution in [3.63, 3.8) is 0 Å². The van der Waals surface area contributed by atoms with E-state index in [1.54, 1.807) is 6.07 Å². The molecule has 2 N–H and O–H groups in total. The molecule has 0 radical (unpaired) electrons. The fourth-order valence-corrected chi connectivity index (χ4v) is 1.26. The van der Waals surface area contributed by atoms with Gasteiger partial charge in [0.25, 0.3) is 0 Å². The second-order valence-corrected chi connectivity index (χ2v) is 2.96. The second-order valence-electron chi connectivity index (χ2n) is 2.96. The number of ether oxygens (including phenoxy) is 2. The molecular weight excluding hydrogens is 192 g/mol. The Morgan fingerprint density at radius 3 is 2.40 bits per heavy atom. The zero-order chi connectivity index (χ0) is 9.97. The van der Waals surface area contributed by atoms with E-state index in [1.807, 2.05) is 0 Å². The number of aromatic nitrogens is 1. The first-order valence-corrected chi connectivity index (χ1v) is 4.32. The summed E-state index contributed by atoms with van der Waals surface area (Å²) < 4.78 is 10.5. The van der Waals surface area contributed by atoms with Gasteiger partial charge in [0.05, 0.1) is 18.8 Å². The SMILES string of the molecule is OB(O)c1ccc(C2OCCO2)cn1.[LiH]. The van der Waals surface area contributed by atoms with Crippen LogP contribution in [0.15, 0.2) is 18.3 Å². The van der Waals surface area contributed by atoms with Crippen molar-refractivity contribution in [2.45, 2.75) is 6.29 Å². The van der Waals surface area contributed by atoms with E-state index in [0.29, 0.717) is 13.2 Å². The van der Waals surface area contributed by atoms with Crippen LogP contribution in [-0.2, 0) is 9.47 Å². The van der Waals surface area contributed by atoms with Crippen molar-refractivity contribution in [1.29, 1.82) is 0 Å². The number of rotatable bonds is 2. The number of hydrogen-bond donors (Lipinski definition) is 2. The molecule has 15 heavy (non-hydrogen) atoms. The third-order valence-corrected chi connectivity index (χ3v) is 1.97. The minimum atomic E-state index is -1.53. The van der Waals surface area contributed by atoms with Crippen LogP contribution in [0.5, 0.6) is 0 Å². The monoisotopic (exact) mass is 203 g/mol. The Kier molecular flexibility index (Phi) is 4.80. The van der Waals surface area contributed by atoms with E-state index in [1.165, 1.54) is 12.3 Å². The molecule has 0 amide bonds. The molecule has 0 aliphatic carbocycles. The minimum absolute atomic E-state index is 0. The summed E-state index contributed by atoms with van der Waals surface area (Å²) in [5.41, 5.74) is 0.999. The van der Waals surface area contributed by atoms with Gasteiger partial charge in [-0.2, -0.15) is 0 Å². The van der Waals surface area contributed by atoms with Gasteiger partial charge in [0.15, 0.2) is 6.29 Å². The van der Waals surface area contributed by atoms with Crippen LogP contribution in [0.3, 0.4) is 0 Å². The third kappa shape index (κ3) is 3.05. The zero-order valence-corrected chi connectivity index (χ0v) is 7.46. The summed E-state index contributed by atoms with van der Waals surface area (Å²) in [6, 6.07) is 3.24. The van der Waals surface area contributed by atoms with E-state index in [2.05, 4.69) is 4.98 Å². The molecule has 2 rings (SSSR count). The molecule has 1 aliphatic heterocycles. The Morgan fingerprint density at radius 2 is 1.93 bits per heavy atom. The van der Waals surface area contributed by atoms with Crippen LogP contribution < -0.4 is 5.59 Å². The predicted molar refractivity (Wildman–Crippen MR) is 55.9 cm³/mol. The summed E-state index contributed by atoms with van der Waals surface area (Å²) in [5.74, 6) is 0. The fraction of sp³-hybridized carbons (Fsp3) is 0.375. The Hall–Kier alpha value is -0.348. The summed E-state index contributed by atoms with van der Waals surface area (Å²) in [5, 5.41) is 17.6. The van der Waals surface area contributed by atoms with Gasteiger partial charge in [0.1, 0.15) is 0 Å². The number of nitrogens with zero attached hydrogens (tertiary/aromatic N) is 1. The number of hydrogen-bond acceptors (Lipinski definition) is 5. The van der Waals surface area contributed by atoms with Gasteiger partial charge >= 0.3 is 26.0 Å². The second kappa shape index (κ2) is 5.66. The van der Waals surface area contributed by atoms with Crippen LogP contribution >= 0.6 is 0 Å². The van der Waals surface area contributed by atoms with Gasteiger partial charge in [-0.3, -0.25) is 4.98 Å². The predicted octanol–water partition coefficient (Wildman–Crippen LogP) is -1.84. The Morgan fingerprint density at radius 1 is 1.27 bits per heavy atom. The van der Waals surface area contributed by atoms with Gasteiger partial charge in [-0.15, -0.1) is 0 Å². The molecule has 0 bridgehead atoms. The van der Waals surface area contributed by atoms with E-state index in [0.717, 1.165) is 5.56 Å². The van der Waals surface area contributed by atoms with Crippen LogP contribution in [0.25, 0.3) is 0 Å². The van der Waals surface area contributed by atoms with E-state index >= 15 is 0 Å². The first-order chi connectivity index (χ1) is 6.77. The Labute approximate surface area is 99.7 Å². The van der Waals surface area contributed by atoms with Crippen LogP contribution in [0.4, 0.5) is 0 Å². The molecule has 1 aromatic heterocycles. The molecule has 7 heteroatoms. The topological polar surface area (TPSA) is 71.8 Å². The summed E-state index contributed by atoms with van der Waals surface area (Å²) >= 11 is 0. The molecule has 0 saturated carbocycles.